The molecule has 1 aliphatic rings. The number of nitrogens with zero attached hydrogens (tertiary/aromatic N) is 3. The number of likely N-dealkylation sites (N-methyl/N-ethyl adjacent to an activating group) is 2. The predicted molar refractivity (Wildman–Crippen MR) is 238 cm³/mol. The van der Waals surface area contributed by atoms with Crippen LogP contribution < -0.4 is 26.5 Å². The molecule has 3 rings (SSSR count). The highest BCUT2D eigenvalue weighted by atomic mass is 16.8. The highest BCUT2D eigenvalue weighted by Gasteiger charge is 2.34. The fourth-order valence-corrected chi connectivity index (χ4v) is 7.46. The van der Waals surface area contributed by atoms with Crippen LogP contribution in [0.15, 0.2) is 30.3 Å². The number of fused-ring (bicyclic) bond motifs is 5. The summed E-state index contributed by atoms with van der Waals surface area (Å²) in [6, 6.07) is -1.14. The van der Waals surface area contributed by atoms with Crippen LogP contribution in [0.5, 0.6) is 11.5 Å². The van der Waals surface area contributed by atoms with Crippen LogP contribution in [-0.4, -0.2) is 133 Å². The minimum absolute atomic E-state index is 0.0225. The van der Waals surface area contributed by atoms with Gasteiger partial charge in [-0.2, -0.15) is 0 Å². The van der Waals surface area contributed by atoms with Crippen molar-refractivity contribution >= 4 is 47.1 Å². The van der Waals surface area contributed by atoms with Gasteiger partial charge in [-0.15, -0.1) is 5.23 Å². The number of hydrogen-bond donors (Lipinski definition) is 10. The van der Waals surface area contributed by atoms with Gasteiger partial charge in [0.1, 0.15) is 41.6 Å². The van der Waals surface area contributed by atoms with Crippen LogP contribution in [0.2, 0.25) is 0 Å². The topological polar surface area (TPSA) is 299 Å². The Kier molecular flexibility index (Phi) is 20.9. The van der Waals surface area contributed by atoms with E-state index < -0.39 is 108 Å². The number of unbranched alkanes of at least 4 members (excludes halogenated alkanes) is 7. The molecule has 20 heteroatoms. The average molecular weight is 914 g/mol. The second-order valence-electron chi connectivity index (χ2n) is 16.8. The third-order valence-corrected chi connectivity index (χ3v) is 11.9. The lowest BCUT2D eigenvalue weighted by Crippen LogP contribution is -2.55. The number of aliphatic hydroxyl groups excluding tert-OH is 1. The van der Waals surface area contributed by atoms with Crippen LogP contribution in [0.25, 0.3) is 11.1 Å². The summed E-state index contributed by atoms with van der Waals surface area (Å²) in [6.45, 7) is 5.67. The van der Waals surface area contributed by atoms with Gasteiger partial charge in [0.2, 0.25) is 35.4 Å². The third kappa shape index (κ3) is 15.3. The van der Waals surface area contributed by atoms with Crippen molar-refractivity contribution < 1.29 is 64.4 Å². The number of aromatic hydroxyl groups is 2. The standard InChI is InChI=1S/C45H67N7O13/c1-7-26(2)16-14-12-10-8-9-11-13-15-17-37(55)50(5)35(25-53)43(60)47-27(3)41(58)46-24-38(56)51(6)39-30-18-19-36(54)31(23-30)32-20-29(22-34(40(32)57)52(64)65)21-33(45(62)63)49-42(59)28(4)48-44(39)61/h18-20,22-23,26-28,33,35,39,53-54,57,64-65H,7-17,21,24-25H2,1-6H3,(H,46,58)(H,47,60)(H,48,61)(H,49,59)(H,62,63)/t26?,27-,28+,33?,35-,39?/m1/s1. The van der Waals surface area contributed by atoms with Gasteiger partial charge in [0.15, 0.2) is 5.75 Å². The zero-order valence-electron chi connectivity index (χ0n) is 38.1. The average Bonchev–Trinajstić information content (AvgIpc) is 3.26. The molecule has 0 fully saturated rings. The minimum Gasteiger partial charge on any atom is -0.507 e. The summed E-state index contributed by atoms with van der Waals surface area (Å²) >= 11 is 0. The SMILES string of the molecule is CCC(C)CCCCCCCCCCC(=O)N(C)[C@H](CO)C(=O)N[C@H](C)C(=O)NCC(=O)N(C)C1C(=O)N[C@@H](C)C(=O)NC(C(=O)O)Cc2cc(c(O)c(N(O)O)c2)-c2cc1ccc2O. The van der Waals surface area contributed by atoms with Gasteiger partial charge in [-0.05, 0) is 61.6 Å². The van der Waals surface area contributed by atoms with E-state index in [0.29, 0.717) is 6.42 Å². The normalized spacial score (nSPS) is 17.6. The smallest absolute Gasteiger partial charge is 0.326 e. The molecule has 0 aromatic heterocycles. The van der Waals surface area contributed by atoms with Crippen LogP contribution in [-0.2, 0) is 40.0 Å². The summed E-state index contributed by atoms with van der Waals surface area (Å²) in [4.78, 5) is 94.2. The molecule has 6 amide bonds. The van der Waals surface area contributed by atoms with Gasteiger partial charge in [-0.1, -0.05) is 77.7 Å². The third-order valence-electron chi connectivity index (χ3n) is 11.9. The Labute approximate surface area is 379 Å². The Bertz CT molecular complexity index is 2000. The number of rotatable bonds is 22. The molecule has 0 radical (unpaired) electrons. The number of phenols is 2. The van der Waals surface area contributed by atoms with Gasteiger partial charge in [-0.3, -0.25) is 39.2 Å². The molecule has 2 aromatic rings. The van der Waals surface area contributed by atoms with Crippen LogP contribution in [0.1, 0.15) is 115 Å². The quantitative estimate of drug-likeness (QED) is 0.0601. The van der Waals surface area contributed by atoms with Crippen molar-refractivity contribution in [3.8, 4) is 22.6 Å². The number of carboxylic acids is 1. The molecule has 360 valence electrons. The number of benzene rings is 2. The Morgan fingerprint density at radius 3 is 2.06 bits per heavy atom. The number of amides is 6. The van der Waals surface area contributed by atoms with E-state index in [4.69, 9.17) is 0 Å². The number of aliphatic carboxylic acids is 1. The number of carbonyl (C=O) groups excluding carboxylic acids is 6. The summed E-state index contributed by atoms with van der Waals surface area (Å²) in [6.07, 6.45) is 10.6. The molecule has 1 heterocycles. The summed E-state index contributed by atoms with van der Waals surface area (Å²) in [5, 5.41) is 70.9. The molecule has 0 saturated carbocycles. The van der Waals surface area contributed by atoms with Gasteiger partial charge in [0.05, 0.1) is 13.2 Å². The molecule has 2 aromatic carbocycles. The van der Waals surface area contributed by atoms with Gasteiger partial charge in [0.25, 0.3) is 0 Å². The fraction of sp³-hybridized carbons (Fsp3) is 0.578. The zero-order valence-corrected chi connectivity index (χ0v) is 38.1. The first-order chi connectivity index (χ1) is 30.7. The maximum absolute atomic E-state index is 13.9. The summed E-state index contributed by atoms with van der Waals surface area (Å²) in [5.74, 6) is -6.63. The molecule has 0 aliphatic carbocycles. The fourth-order valence-electron chi connectivity index (χ4n) is 7.46. The summed E-state index contributed by atoms with van der Waals surface area (Å²) < 4.78 is 0. The van der Waals surface area contributed by atoms with Crippen molar-refractivity contribution in [1.82, 2.24) is 31.1 Å². The summed E-state index contributed by atoms with van der Waals surface area (Å²) in [7, 11) is 2.61. The molecule has 0 saturated heterocycles. The van der Waals surface area contributed by atoms with Crippen molar-refractivity contribution in [3.05, 3.63) is 41.5 Å². The number of carboxylic acid groups (broad SMARTS) is 1. The number of phenolic OH excluding ortho intramolecular Hbond substituents is 2. The molecule has 65 heavy (non-hydrogen) atoms. The second kappa shape index (κ2) is 25.5. The molecule has 3 unspecified atom stereocenters. The molecule has 1 aliphatic heterocycles. The molecule has 6 atom stereocenters. The predicted octanol–water partition coefficient (Wildman–Crippen LogP) is 2.87. The highest BCUT2D eigenvalue weighted by Crippen LogP contribution is 2.43. The number of carbonyl (C=O) groups is 7. The van der Waals surface area contributed by atoms with E-state index in [1.165, 1.54) is 78.2 Å². The Hall–Kier alpha value is -5.99. The molecule has 0 spiro atoms. The van der Waals surface area contributed by atoms with Gasteiger partial charge in [-0.25, -0.2) is 4.79 Å². The van der Waals surface area contributed by atoms with E-state index in [9.17, 15) is 64.4 Å². The molecular formula is C45H67N7O13. The lowest BCUT2D eigenvalue weighted by atomic mass is 9.93. The Morgan fingerprint density at radius 1 is 0.831 bits per heavy atom. The van der Waals surface area contributed by atoms with E-state index in [1.54, 1.807) is 0 Å². The largest absolute Gasteiger partial charge is 0.507 e. The first-order valence-electron chi connectivity index (χ1n) is 22.1. The van der Waals surface area contributed by atoms with E-state index in [0.717, 1.165) is 53.5 Å². The maximum atomic E-state index is 13.9. The van der Waals surface area contributed by atoms with E-state index in [1.807, 2.05) is 0 Å². The van der Waals surface area contributed by atoms with Crippen LogP contribution in [0.3, 0.4) is 0 Å². The van der Waals surface area contributed by atoms with Crippen LogP contribution in [0.4, 0.5) is 5.69 Å². The van der Waals surface area contributed by atoms with Crippen LogP contribution >= 0.6 is 0 Å². The monoisotopic (exact) mass is 913 g/mol. The van der Waals surface area contributed by atoms with Crippen molar-refractivity contribution in [2.45, 2.75) is 135 Å². The van der Waals surface area contributed by atoms with Gasteiger partial charge >= 0.3 is 5.97 Å². The first kappa shape index (κ1) is 53.3. The molecule has 10 N–H and O–H groups in total. The second-order valence-corrected chi connectivity index (χ2v) is 16.8. The van der Waals surface area contributed by atoms with Crippen molar-refractivity contribution in [1.29, 1.82) is 0 Å². The number of hydrogen-bond acceptors (Lipinski definition) is 13. The Balaban J connectivity index is 1.70. The van der Waals surface area contributed by atoms with Gasteiger partial charge in [0, 0.05) is 38.1 Å². The summed E-state index contributed by atoms with van der Waals surface area (Å²) in [5.41, 5.74) is -0.915. The zero-order chi connectivity index (χ0) is 48.5. The highest BCUT2D eigenvalue weighted by molar-refractivity contribution is 5.96. The van der Waals surface area contributed by atoms with Crippen molar-refractivity contribution in [2.24, 2.45) is 5.92 Å². The van der Waals surface area contributed by atoms with E-state index in [2.05, 4.69) is 35.1 Å². The minimum atomic E-state index is -1.61. The lowest BCUT2D eigenvalue weighted by molar-refractivity contribution is -0.143. The maximum Gasteiger partial charge on any atom is 0.326 e. The van der Waals surface area contributed by atoms with Crippen molar-refractivity contribution in [3.63, 3.8) is 0 Å². The van der Waals surface area contributed by atoms with Crippen LogP contribution in [0, 0.1) is 5.92 Å². The number of nitrogens with one attached hydrogen (secondary N) is 4. The Morgan fingerprint density at radius 2 is 1.46 bits per heavy atom. The van der Waals surface area contributed by atoms with E-state index >= 15 is 0 Å². The lowest BCUT2D eigenvalue weighted by Gasteiger charge is -2.30. The van der Waals surface area contributed by atoms with E-state index in [-0.39, 0.29) is 34.6 Å². The number of aliphatic hydroxyl groups is 1. The van der Waals surface area contributed by atoms with Gasteiger partial charge < -0.3 is 51.5 Å². The molecular weight excluding hydrogens is 847 g/mol. The molecule has 4 bridgehead atoms. The number of anilines is 1. The molecule has 20 nitrogen and oxygen atoms in total. The van der Waals surface area contributed by atoms with Crippen molar-refractivity contribution in [2.75, 3.05) is 32.5 Å². The first-order valence-corrected chi connectivity index (χ1v) is 22.1.